The average Bonchev–Trinajstić information content (AvgIpc) is 3.03. The summed E-state index contributed by atoms with van der Waals surface area (Å²) in [5, 5.41) is 7.56. The van der Waals surface area contributed by atoms with Crippen molar-refractivity contribution in [3.8, 4) is 0 Å². The molecule has 118 valence electrons. The molecule has 2 aliphatic rings. The van der Waals surface area contributed by atoms with E-state index in [1.165, 1.54) is 51.4 Å². The van der Waals surface area contributed by atoms with Crippen molar-refractivity contribution in [1.82, 2.24) is 15.2 Å². The second-order valence-electron chi connectivity index (χ2n) is 6.81. The Morgan fingerprint density at radius 2 is 1.90 bits per heavy atom. The molecular weight excluding hydrogens is 262 g/mol. The van der Waals surface area contributed by atoms with Gasteiger partial charge in [-0.15, -0.1) is 5.10 Å². The van der Waals surface area contributed by atoms with E-state index in [9.17, 15) is 0 Å². The highest BCUT2D eigenvalue weighted by Crippen LogP contribution is 2.27. The van der Waals surface area contributed by atoms with Crippen LogP contribution in [0.4, 0.5) is 5.95 Å². The van der Waals surface area contributed by atoms with Gasteiger partial charge < -0.3 is 10.6 Å². The summed E-state index contributed by atoms with van der Waals surface area (Å²) in [6.07, 6.45) is 11.8. The minimum atomic E-state index is 0.600. The fraction of sp³-hybridized carbons (Fsp3) is 0.875. The molecule has 0 bridgehead atoms. The number of piperidine rings is 1. The highest BCUT2D eigenvalue weighted by molar-refractivity contribution is 5.29. The number of aromatic nitrogens is 3. The van der Waals surface area contributed by atoms with E-state index in [1.54, 1.807) is 0 Å². The summed E-state index contributed by atoms with van der Waals surface area (Å²) in [7, 11) is 0. The van der Waals surface area contributed by atoms with Crippen LogP contribution in [0.1, 0.15) is 57.2 Å². The molecule has 1 atom stereocenters. The highest BCUT2D eigenvalue weighted by Gasteiger charge is 2.22. The Hall–Kier alpha value is -1.10. The third kappa shape index (κ3) is 3.96. The third-order valence-corrected chi connectivity index (χ3v) is 5.17. The number of rotatable bonds is 5. The number of hydrogen-bond donors (Lipinski definition) is 2. The molecule has 1 aromatic heterocycles. The van der Waals surface area contributed by atoms with Crippen molar-refractivity contribution in [3.05, 3.63) is 5.82 Å². The molecule has 5 nitrogen and oxygen atoms in total. The molecular formula is C16H29N5. The lowest BCUT2D eigenvalue weighted by molar-refractivity contribution is 0.337. The SMILES string of the molecule is NCC1CCCN(c2n[nH]c(CCC3CCCCC3)n2)C1. The molecule has 1 aliphatic heterocycles. The Morgan fingerprint density at radius 3 is 2.71 bits per heavy atom. The van der Waals surface area contributed by atoms with Gasteiger partial charge in [0, 0.05) is 19.5 Å². The number of hydrogen-bond acceptors (Lipinski definition) is 4. The quantitative estimate of drug-likeness (QED) is 0.874. The monoisotopic (exact) mass is 291 g/mol. The summed E-state index contributed by atoms with van der Waals surface area (Å²) in [5.74, 6) is 3.45. The first-order valence-corrected chi connectivity index (χ1v) is 8.71. The third-order valence-electron chi connectivity index (χ3n) is 5.17. The Bertz CT molecular complexity index is 424. The van der Waals surface area contributed by atoms with E-state index in [1.807, 2.05) is 0 Å². The number of aromatic amines is 1. The maximum Gasteiger partial charge on any atom is 0.244 e. The minimum Gasteiger partial charge on any atom is -0.339 e. The van der Waals surface area contributed by atoms with Gasteiger partial charge in [0.05, 0.1) is 0 Å². The predicted octanol–water partition coefficient (Wildman–Crippen LogP) is 2.49. The van der Waals surface area contributed by atoms with Gasteiger partial charge in [-0.3, -0.25) is 5.10 Å². The van der Waals surface area contributed by atoms with Gasteiger partial charge in [-0.05, 0) is 37.6 Å². The molecule has 3 rings (SSSR count). The maximum absolute atomic E-state index is 5.80. The largest absolute Gasteiger partial charge is 0.339 e. The second-order valence-corrected chi connectivity index (χ2v) is 6.81. The van der Waals surface area contributed by atoms with Crippen LogP contribution in [-0.2, 0) is 6.42 Å². The van der Waals surface area contributed by atoms with Gasteiger partial charge >= 0.3 is 0 Å². The van der Waals surface area contributed by atoms with E-state index < -0.39 is 0 Å². The van der Waals surface area contributed by atoms with Gasteiger partial charge in [-0.25, -0.2) is 0 Å². The van der Waals surface area contributed by atoms with E-state index in [0.29, 0.717) is 5.92 Å². The van der Waals surface area contributed by atoms with Gasteiger partial charge in [0.15, 0.2) is 0 Å². The lowest BCUT2D eigenvalue weighted by Crippen LogP contribution is -2.39. The molecule has 21 heavy (non-hydrogen) atoms. The lowest BCUT2D eigenvalue weighted by atomic mass is 9.86. The van der Waals surface area contributed by atoms with Crippen molar-refractivity contribution < 1.29 is 0 Å². The van der Waals surface area contributed by atoms with Crippen molar-refractivity contribution >= 4 is 5.95 Å². The summed E-state index contributed by atoms with van der Waals surface area (Å²) in [6, 6.07) is 0. The average molecular weight is 291 g/mol. The summed E-state index contributed by atoms with van der Waals surface area (Å²) in [4.78, 5) is 7.00. The first-order chi connectivity index (χ1) is 10.3. The Morgan fingerprint density at radius 1 is 1.10 bits per heavy atom. The van der Waals surface area contributed by atoms with E-state index >= 15 is 0 Å². The topological polar surface area (TPSA) is 70.8 Å². The van der Waals surface area contributed by atoms with Crippen LogP contribution in [0.3, 0.4) is 0 Å². The zero-order chi connectivity index (χ0) is 14.5. The van der Waals surface area contributed by atoms with Crippen LogP contribution in [0.2, 0.25) is 0 Å². The van der Waals surface area contributed by atoms with Crippen LogP contribution in [0.5, 0.6) is 0 Å². The minimum absolute atomic E-state index is 0.600. The molecule has 2 fully saturated rings. The predicted molar refractivity (Wildman–Crippen MR) is 85.3 cm³/mol. The molecule has 0 aromatic carbocycles. The standard InChI is InChI=1S/C16H29N5/c17-11-14-7-4-10-21(12-14)16-18-15(19-20-16)9-8-13-5-2-1-3-6-13/h13-14H,1-12,17H2,(H,18,19,20). The van der Waals surface area contributed by atoms with Crippen LogP contribution in [-0.4, -0.2) is 34.8 Å². The van der Waals surface area contributed by atoms with Crippen LogP contribution >= 0.6 is 0 Å². The van der Waals surface area contributed by atoms with Crippen LogP contribution < -0.4 is 10.6 Å². The Kier molecular flexibility index (Phi) is 5.12. The van der Waals surface area contributed by atoms with Crippen molar-refractivity contribution in [2.75, 3.05) is 24.5 Å². The number of anilines is 1. The van der Waals surface area contributed by atoms with Gasteiger partial charge in [0.1, 0.15) is 5.82 Å². The van der Waals surface area contributed by atoms with Gasteiger partial charge in [0.2, 0.25) is 5.95 Å². The number of nitrogens with one attached hydrogen (secondary N) is 1. The zero-order valence-corrected chi connectivity index (χ0v) is 13.1. The first-order valence-electron chi connectivity index (χ1n) is 8.71. The molecule has 1 saturated carbocycles. The van der Waals surface area contributed by atoms with Crippen molar-refractivity contribution in [3.63, 3.8) is 0 Å². The Balaban J connectivity index is 1.50. The van der Waals surface area contributed by atoms with Crippen molar-refractivity contribution in [2.24, 2.45) is 17.6 Å². The molecule has 1 saturated heterocycles. The smallest absolute Gasteiger partial charge is 0.244 e. The van der Waals surface area contributed by atoms with E-state index in [0.717, 1.165) is 43.7 Å². The summed E-state index contributed by atoms with van der Waals surface area (Å²) in [6.45, 7) is 2.85. The molecule has 0 spiro atoms. The van der Waals surface area contributed by atoms with E-state index in [2.05, 4.69) is 15.1 Å². The van der Waals surface area contributed by atoms with Crippen LogP contribution in [0, 0.1) is 11.8 Å². The molecule has 1 aliphatic carbocycles. The van der Waals surface area contributed by atoms with Crippen molar-refractivity contribution in [1.29, 1.82) is 0 Å². The normalized spacial score (nSPS) is 24.4. The molecule has 1 unspecified atom stereocenters. The first kappa shape index (κ1) is 14.8. The van der Waals surface area contributed by atoms with Crippen LogP contribution in [0.25, 0.3) is 0 Å². The molecule has 5 heteroatoms. The summed E-state index contributed by atoms with van der Waals surface area (Å²) >= 11 is 0. The lowest BCUT2D eigenvalue weighted by Gasteiger charge is -2.31. The fourth-order valence-electron chi connectivity index (χ4n) is 3.79. The molecule has 0 amide bonds. The highest BCUT2D eigenvalue weighted by atomic mass is 15.4. The molecule has 3 N–H and O–H groups in total. The molecule has 0 radical (unpaired) electrons. The van der Waals surface area contributed by atoms with Gasteiger partial charge in [0.25, 0.3) is 0 Å². The number of nitrogens with two attached hydrogens (primary N) is 1. The van der Waals surface area contributed by atoms with Crippen LogP contribution in [0.15, 0.2) is 0 Å². The van der Waals surface area contributed by atoms with E-state index in [4.69, 9.17) is 10.7 Å². The summed E-state index contributed by atoms with van der Waals surface area (Å²) < 4.78 is 0. The fourth-order valence-corrected chi connectivity index (χ4v) is 3.79. The van der Waals surface area contributed by atoms with Gasteiger partial charge in [-0.1, -0.05) is 32.1 Å². The number of nitrogens with zero attached hydrogens (tertiary/aromatic N) is 3. The second kappa shape index (κ2) is 7.25. The zero-order valence-electron chi connectivity index (χ0n) is 13.1. The number of aryl methyl sites for hydroxylation is 1. The van der Waals surface area contributed by atoms with Gasteiger partial charge in [-0.2, -0.15) is 4.98 Å². The number of H-pyrrole nitrogens is 1. The van der Waals surface area contributed by atoms with Crippen molar-refractivity contribution in [2.45, 2.75) is 57.8 Å². The molecule has 2 heterocycles. The van der Waals surface area contributed by atoms with E-state index in [-0.39, 0.29) is 0 Å². The molecule has 1 aromatic rings. The Labute approximate surface area is 127 Å². The maximum atomic E-state index is 5.80. The summed E-state index contributed by atoms with van der Waals surface area (Å²) in [5.41, 5.74) is 5.80.